The second kappa shape index (κ2) is 7.20. The van der Waals surface area contributed by atoms with Crippen LogP contribution in [0, 0.1) is 0 Å². The van der Waals surface area contributed by atoms with Crippen LogP contribution in [-0.4, -0.2) is 35.9 Å². The number of aliphatic hydroxyl groups excluding tert-OH is 1. The number of aromatic nitrogens is 1. The minimum atomic E-state index is 0.156. The van der Waals surface area contributed by atoms with Gasteiger partial charge in [0.05, 0.1) is 19.4 Å². The molecule has 2 N–H and O–H groups in total. The van der Waals surface area contributed by atoms with Gasteiger partial charge in [-0.25, -0.2) is 0 Å². The van der Waals surface area contributed by atoms with Crippen molar-refractivity contribution in [1.29, 1.82) is 0 Å². The number of pyridine rings is 1. The molecule has 1 aromatic rings. The van der Waals surface area contributed by atoms with Gasteiger partial charge in [-0.3, -0.25) is 4.98 Å². The number of hydrogen-bond donors (Lipinski definition) is 2. The number of hydrogen-bond acceptors (Lipinski definition) is 4. The molecule has 1 atom stereocenters. The van der Waals surface area contributed by atoms with Gasteiger partial charge in [-0.15, -0.1) is 0 Å². The summed E-state index contributed by atoms with van der Waals surface area (Å²) in [5, 5.41) is 11.9. The van der Waals surface area contributed by atoms with Crippen molar-refractivity contribution in [1.82, 2.24) is 10.3 Å². The average molecular weight is 210 g/mol. The first-order chi connectivity index (χ1) is 7.33. The molecule has 0 spiro atoms. The van der Waals surface area contributed by atoms with E-state index >= 15 is 0 Å². The average Bonchev–Trinajstić information content (AvgIpc) is 2.29. The molecule has 0 bridgehead atoms. The van der Waals surface area contributed by atoms with Gasteiger partial charge in [0.1, 0.15) is 5.75 Å². The third kappa shape index (κ3) is 5.34. The van der Waals surface area contributed by atoms with E-state index in [-0.39, 0.29) is 12.6 Å². The molecule has 0 amide bonds. The lowest BCUT2D eigenvalue weighted by atomic mass is 10.3. The quantitative estimate of drug-likeness (QED) is 0.654. The molecule has 0 fully saturated rings. The van der Waals surface area contributed by atoms with E-state index in [2.05, 4.69) is 10.3 Å². The van der Waals surface area contributed by atoms with Crippen LogP contribution in [0.2, 0.25) is 0 Å². The van der Waals surface area contributed by atoms with Crippen LogP contribution in [0.15, 0.2) is 24.5 Å². The van der Waals surface area contributed by atoms with E-state index in [4.69, 9.17) is 9.84 Å². The molecule has 4 heteroatoms. The SMILES string of the molecule is C[C@H](CO)NCCCOc1cccnc1. The number of nitrogens with one attached hydrogen (secondary N) is 1. The number of ether oxygens (including phenoxy) is 1. The van der Waals surface area contributed by atoms with Crippen LogP contribution in [0.4, 0.5) is 0 Å². The summed E-state index contributed by atoms with van der Waals surface area (Å²) in [6.45, 7) is 3.63. The molecule has 1 rings (SSSR count). The molecule has 4 nitrogen and oxygen atoms in total. The van der Waals surface area contributed by atoms with Crippen LogP contribution < -0.4 is 10.1 Å². The van der Waals surface area contributed by atoms with Crippen molar-refractivity contribution in [2.45, 2.75) is 19.4 Å². The predicted octanol–water partition coefficient (Wildman–Crippen LogP) is 0.821. The van der Waals surface area contributed by atoms with Gasteiger partial charge in [0.2, 0.25) is 0 Å². The molecule has 0 saturated carbocycles. The van der Waals surface area contributed by atoms with E-state index in [0.29, 0.717) is 6.61 Å². The van der Waals surface area contributed by atoms with Crippen LogP contribution in [0.1, 0.15) is 13.3 Å². The first-order valence-corrected chi connectivity index (χ1v) is 5.20. The second-order valence-corrected chi connectivity index (χ2v) is 3.43. The van der Waals surface area contributed by atoms with Crippen molar-refractivity contribution >= 4 is 0 Å². The summed E-state index contributed by atoms with van der Waals surface area (Å²) in [4.78, 5) is 3.95. The minimum Gasteiger partial charge on any atom is -0.492 e. The number of rotatable bonds is 7. The Hall–Kier alpha value is -1.13. The molecule has 0 aliphatic carbocycles. The van der Waals surface area contributed by atoms with E-state index in [1.165, 1.54) is 0 Å². The van der Waals surface area contributed by atoms with E-state index in [1.54, 1.807) is 12.4 Å². The lowest BCUT2D eigenvalue weighted by Crippen LogP contribution is -2.30. The van der Waals surface area contributed by atoms with Crippen molar-refractivity contribution in [3.63, 3.8) is 0 Å². The monoisotopic (exact) mass is 210 g/mol. The molecule has 1 heterocycles. The first-order valence-electron chi connectivity index (χ1n) is 5.20. The van der Waals surface area contributed by atoms with Crippen molar-refractivity contribution in [3.8, 4) is 5.75 Å². The molecule has 0 unspecified atom stereocenters. The molecule has 0 saturated heterocycles. The standard InChI is InChI=1S/C11H18N2O2/c1-10(9-14)13-6-3-7-15-11-4-2-5-12-8-11/h2,4-5,8,10,13-14H,3,6-7,9H2,1H3/t10-/m1/s1. The van der Waals surface area contributed by atoms with Crippen LogP contribution in [0.3, 0.4) is 0 Å². The normalized spacial score (nSPS) is 12.4. The molecular weight excluding hydrogens is 192 g/mol. The summed E-state index contributed by atoms with van der Waals surface area (Å²) in [6, 6.07) is 3.89. The molecule has 0 radical (unpaired) electrons. The first kappa shape index (κ1) is 11.9. The van der Waals surface area contributed by atoms with Gasteiger partial charge >= 0.3 is 0 Å². The maximum Gasteiger partial charge on any atom is 0.137 e. The lowest BCUT2D eigenvalue weighted by Gasteiger charge is -2.10. The zero-order valence-electron chi connectivity index (χ0n) is 9.02. The number of nitrogens with zero attached hydrogens (tertiary/aromatic N) is 1. The summed E-state index contributed by atoms with van der Waals surface area (Å²) < 4.78 is 5.46. The third-order valence-corrected chi connectivity index (χ3v) is 1.99. The molecule has 0 aliphatic rings. The second-order valence-electron chi connectivity index (χ2n) is 3.43. The largest absolute Gasteiger partial charge is 0.492 e. The van der Waals surface area contributed by atoms with E-state index in [0.717, 1.165) is 18.7 Å². The Bertz CT molecular complexity index is 254. The molecule has 1 aromatic heterocycles. The smallest absolute Gasteiger partial charge is 0.137 e. The van der Waals surface area contributed by atoms with Crippen molar-refractivity contribution in [3.05, 3.63) is 24.5 Å². The van der Waals surface area contributed by atoms with Crippen molar-refractivity contribution < 1.29 is 9.84 Å². The number of aliphatic hydroxyl groups is 1. The fourth-order valence-corrected chi connectivity index (χ4v) is 1.11. The Morgan fingerprint density at radius 1 is 1.60 bits per heavy atom. The Balaban J connectivity index is 2.03. The molecular formula is C11H18N2O2. The fourth-order valence-electron chi connectivity index (χ4n) is 1.11. The molecule has 15 heavy (non-hydrogen) atoms. The lowest BCUT2D eigenvalue weighted by molar-refractivity contribution is 0.245. The summed E-state index contributed by atoms with van der Waals surface area (Å²) >= 11 is 0. The summed E-state index contributed by atoms with van der Waals surface area (Å²) in [7, 11) is 0. The topological polar surface area (TPSA) is 54.4 Å². The van der Waals surface area contributed by atoms with Crippen LogP contribution in [0.25, 0.3) is 0 Å². The highest BCUT2D eigenvalue weighted by Crippen LogP contribution is 2.05. The summed E-state index contributed by atoms with van der Waals surface area (Å²) in [5.74, 6) is 0.799. The highest BCUT2D eigenvalue weighted by molar-refractivity contribution is 5.15. The van der Waals surface area contributed by atoms with Crippen LogP contribution in [0.5, 0.6) is 5.75 Å². The van der Waals surface area contributed by atoms with Gasteiger partial charge in [-0.2, -0.15) is 0 Å². The Kier molecular flexibility index (Phi) is 5.73. The van der Waals surface area contributed by atoms with Gasteiger partial charge in [-0.05, 0) is 32.0 Å². The van der Waals surface area contributed by atoms with E-state index in [1.807, 2.05) is 19.1 Å². The maximum absolute atomic E-state index is 8.77. The molecule has 0 aliphatic heterocycles. The van der Waals surface area contributed by atoms with Gasteiger partial charge in [-0.1, -0.05) is 0 Å². The third-order valence-electron chi connectivity index (χ3n) is 1.99. The Labute approximate surface area is 90.3 Å². The zero-order chi connectivity index (χ0) is 10.9. The van der Waals surface area contributed by atoms with E-state index < -0.39 is 0 Å². The zero-order valence-corrected chi connectivity index (χ0v) is 9.02. The summed E-state index contributed by atoms with van der Waals surface area (Å²) in [5.41, 5.74) is 0. The van der Waals surface area contributed by atoms with Gasteiger partial charge in [0, 0.05) is 12.2 Å². The van der Waals surface area contributed by atoms with Crippen molar-refractivity contribution in [2.75, 3.05) is 19.8 Å². The van der Waals surface area contributed by atoms with E-state index in [9.17, 15) is 0 Å². The fraction of sp³-hybridized carbons (Fsp3) is 0.545. The van der Waals surface area contributed by atoms with Crippen molar-refractivity contribution in [2.24, 2.45) is 0 Å². The van der Waals surface area contributed by atoms with Gasteiger partial charge in [0.15, 0.2) is 0 Å². The van der Waals surface area contributed by atoms with Crippen LogP contribution >= 0.6 is 0 Å². The van der Waals surface area contributed by atoms with Gasteiger partial charge in [0.25, 0.3) is 0 Å². The molecule has 84 valence electrons. The Morgan fingerprint density at radius 2 is 2.47 bits per heavy atom. The highest BCUT2D eigenvalue weighted by Gasteiger charge is 1.97. The Morgan fingerprint density at radius 3 is 3.13 bits per heavy atom. The van der Waals surface area contributed by atoms with Gasteiger partial charge < -0.3 is 15.2 Å². The maximum atomic E-state index is 8.77. The van der Waals surface area contributed by atoms with Crippen LogP contribution in [-0.2, 0) is 0 Å². The molecule has 0 aromatic carbocycles. The predicted molar refractivity (Wildman–Crippen MR) is 58.9 cm³/mol. The summed E-state index contributed by atoms with van der Waals surface area (Å²) in [6.07, 6.45) is 4.33. The highest BCUT2D eigenvalue weighted by atomic mass is 16.5. The minimum absolute atomic E-state index is 0.156.